The van der Waals surface area contributed by atoms with E-state index in [0.717, 1.165) is 25.0 Å². The fraction of sp³-hybridized carbons (Fsp3) is 0.688. The van der Waals surface area contributed by atoms with E-state index in [9.17, 15) is 4.79 Å². The minimum atomic E-state index is 0.0648. The molecule has 1 aliphatic rings. The van der Waals surface area contributed by atoms with Gasteiger partial charge in [0.05, 0.1) is 6.26 Å². The molecule has 0 bridgehead atoms. The van der Waals surface area contributed by atoms with Gasteiger partial charge in [-0.2, -0.15) is 0 Å². The molecule has 4 nitrogen and oxygen atoms in total. The van der Waals surface area contributed by atoms with E-state index in [1.54, 1.807) is 6.26 Å². The molecule has 0 aliphatic heterocycles. The highest BCUT2D eigenvalue weighted by Gasteiger charge is 2.45. The number of rotatable bonds is 8. The Morgan fingerprint density at radius 3 is 2.95 bits per heavy atom. The molecule has 0 aromatic carbocycles. The number of amides is 1. The minimum Gasteiger partial charge on any atom is -0.469 e. The van der Waals surface area contributed by atoms with Crippen molar-refractivity contribution >= 4 is 5.91 Å². The van der Waals surface area contributed by atoms with Crippen LogP contribution in [0.3, 0.4) is 0 Å². The summed E-state index contributed by atoms with van der Waals surface area (Å²) in [6, 6.07) is 3.80. The van der Waals surface area contributed by atoms with E-state index in [-0.39, 0.29) is 24.3 Å². The summed E-state index contributed by atoms with van der Waals surface area (Å²) in [4.78, 5) is 12.1. The fourth-order valence-corrected chi connectivity index (χ4v) is 2.83. The lowest BCUT2D eigenvalue weighted by Gasteiger charge is -2.18. The van der Waals surface area contributed by atoms with E-state index in [4.69, 9.17) is 9.52 Å². The van der Waals surface area contributed by atoms with Crippen molar-refractivity contribution in [3.63, 3.8) is 0 Å². The summed E-state index contributed by atoms with van der Waals surface area (Å²) < 4.78 is 5.34. The van der Waals surface area contributed by atoms with Crippen molar-refractivity contribution in [2.75, 3.05) is 13.2 Å². The topological polar surface area (TPSA) is 62.5 Å². The molecule has 3 atom stereocenters. The molecule has 1 amide bonds. The Hall–Kier alpha value is -1.29. The van der Waals surface area contributed by atoms with Crippen LogP contribution in [0.5, 0.6) is 0 Å². The first-order chi connectivity index (χ1) is 9.61. The van der Waals surface area contributed by atoms with Gasteiger partial charge in [0.25, 0.3) is 0 Å². The summed E-state index contributed by atoms with van der Waals surface area (Å²) in [5.41, 5.74) is 0. The van der Waals surface area contributed by atoms with Gasteiger partial charge in [0.2, 0.25) is 5.91 Å². The van der Waals surface area contributed by atoms with Gasteiger partial charge in [-0.1, -0.05) is 13.8 Å². The number of aliphatic hydroxyl groups excluding tert-OH is 1. The Kier molecular flexibility index (Phi) is 5.24. The summed E-state index contributed by atoms with van der Waals surface area (Å²) in [7, 11) is 0. The first-order valence-corrected chi connectivity index (χ1v) is 7.53. The molecule has 1 fully saturated rings. The van der Waals surface area contributed by atoms with Crippen molar-refractivity contribution in [1.29, 1.82) is 0 Å². The molecular formula is C16H25NO3. The lowest BCUT2D eigenvalue weighted by molar-refractivity contribution is -0.122. The molecule has 2 rings (SSSR count). The van der Waals surface area contributed by atoms with Gasteiger partial charge in [-0.3, -0.25) is 4.79 Å². The monoisotopic (exact) mass is 279 g/mol. The Labute approximate surface area is 120 Å². The number of carbonyl (C=O) groups is 1. The number of furan rings is 1. The number of carbonyl (C=O) groups excluding carboxylic acids is 1. The van der Waals surface area contributed by atoms with Crippen LogP contribution in [-0.4, -0.2) is 24.2 Å². The van der Waals surface area contributed by atoms with Crippen molar-refractivity contribution in [3.05, 3.63) is 24.2 Å². The Morgan fingerprint density at radius 1 is 1.55 bits per heavy atom. The van der Waals surface area contributed by atoms with Crippen LogP contribution in [0.15, 0.2) is 22.8 Å². The first-order valence-electron chi connectivity index (χ1n) is 7.53. The van der Waals surface area contributed by atoms with Crippen LogP contribution in [0, 0.1) is 17.8 Å². The molecule has 1 aromatic rings. The second-order valence-electron chi connectivity index (χ2n) is 6.22. The second-order valence-corrected chi connectivity index (χ2v) is 6.22. The van der Waals surface area contributed by atoms with Crippen molar-refractivity contribution in [2.45, 2.75) is 39.0 Å². The smallest absolute Gasteiger partial charge is 0.223 e. The highest BCUT2D eigenvalue weighted by Crippen LogP contribution is 2.47. The number of hydrogen-bond donors (Lipinski definition) is 2. The van der Waals surface area contributed by atoms with E-state index in [1.165, 1.54) is 0 Å². The molecule has 3 unspecified atom stereocenters. The molecule has 2 N–H and O–H groups in total. The average molecular weight is 279 g/mol. The van der Waals surface area contributed by atoms with E-state index < -0.39 is 0 Å². The molecule has 0 spiro atoms. The molecule has 1 aromatic heterocycles. The van der Waals surface area contributed by atoms with Gasteiger partial charge >= 0.3 is 0 Å². The molecule has 0 radical (unpaired) electrons. The third-order valence-corrected chi connectivity index (χ3v) is 3.94. The summed E-state index contributed by atoms with van der Waals surface area (Å²) >= 11 is 0. The summed E-state index contributed by atoms with van der Waals surface area (Å²) in [5, 5.41) is 12.1. The standard InChI is InChI=1S/C16H25NO3/c1-11(2)8-12(5-6-18)10-17-16(19)14-9-13(14)15-4-3-7-20-15/h3-4,7,11-14,18H,5-6,8-10H2,1-2H3,(H,17,19). The van der Waals surface area contributed by atoms with Gasteiger partial charge < -0.3 is 14.8 Å². The Bertz CT molecular complexity index is 413. The van der Waals surface area contributed by atoms with Gasteiger partial charge in [-0.05, 0) is 43.2 Å². The predicted octanol–water partition coefficient (Wildman–Crippen LogP) is 2.54. The molecule has 1 saturated carbocycles. The summed E-state index contributed by atoms with van der Waals surface area (Å²) in [6.07, 6.45) is 4.33. The average Bonchev–Trinajstić information content (AvgIpc) is 3.01. The normalized spacial score (nSPS) is 22.8. The molecule has 4 heteroatoms. The molecular weight excluding hydrogens is 254 g/mol. The van der Waals surface area contributed by atoms with E-state index in [2.05, 4.69) is 19.2 Å². The second kappa shape index (κ2) is 6.93. The van der Waals surface area contributed by atoms with Gasteiger partial charge in [-0.25, -0.2) is 0 Å². The zero-order valence-electron chi connectivity index (χ0n) is 12.3. The quantitative estimate of drug-likeness (QED) is 0.768. The number of hydrogen-bond acceptors (Lipinski definition) is 3. The Balaban J connectivity index is 1.74. The molecule has 1 heterocycles. The maximum atomic E-state index is 12.1. The van der Waals surface area contributed by atoms with Gasteiger partial charge in [0, 0.05) is 25.0 Å². The third kappa shape index (κ3) is 4.10. The Morgan fingerprint density at radius 2 is 2.35 bits per heavy atom. The van der Waals surface area contributed by atoms with Gasteiger partial charge in [-0.15, -0.1) is 0 Å². The van der Waals surface area contributed by atoms with Crippen LogP contribution >= 0.6 is 0 Å². The van der Waals surface area contributed by atoms with Crippen LogP contribution in [0.4, 0.5) is 0 Å². The van der Waals surface area contributed by atoms with Crippen molar-refractivity contribution in [1.82, 2.24) is 5.32 Å². The molecule has 112 valence electrons. The van der Waals surface area contributed by atoms with Gasteiger partial charge in [0.1, 0.15) is 5.76 Å². The van der Waals surface area contributed by atoms with Crippen molar-refractivity contribution in [2.24, 2.45) is 17.8 Å². The highest BCUT2D eigenvalue weighted by molar-refractivity contribution is 5.82. The number of aliphatic hydroxyl groups is 1. The largest absolute Gasteiger partial charge is 0.469 e. The zero-order valence-corrected chi connectivity index (χ0v) is 12.3. The van der Waals surface area contributed by atoms with E-state index in [1.807, 2.05) is 12.1 Å². The van der Waals surface area contributed by atoms with Crippen molar-refractivity contribution in [3.8, 4) is 0 Å². The maximum absolute atomic E-state index is 12.1. The molecule has 20 heavy (non-hydrogen) atoms. The van der Waals surface area contributed by atoms with E-state index >= 15 is 0 Å². The van der Waals surface area contributed by atoms with Gasteiger partial charge in [0.15, 0.2) is 0 Å². The summed E-state index contributed by atoms with van der Waals surface area (Å²) in [6.45, 7) is 5.19. The highest BCUT2D eigenvalue weighted by atomic mass is 16.3. The van der Waals surface area contributed by atoms with E-state index in [0.29, 0.717) is 18.4 Å². The maximum Gasteiger partial charge on any atom is 0.223 e. The van der Waals surface area contributed by atoms with Crippen LogP contribution in [0.2, 0.25) is 0 Å². The third-order valence-electron chi connectivity index (χ3n) is 3.94. The predicted molar refractivity (Wildman–Crippen MR) is 77.2 cm³/mol. The van der Waals surface area contributed by atoms with Crippen LogP contribution < -0.4 is 5.32 Å². The van der Waals surface area contributed by atoms with Crippen LogP contribution in [0.1, 0.15) is 44.8 Å². The van der Waals surface area contributed by atoms with Crippen LogP contribution in [-0.2, 0) is 4.79 Å². The molecule has 1 aliphatic carbocycles. The lowest BCUT2D eigenvalue weighted by atomic mass is 9.94. The minimum absolute atomic E-state index is 0.0648. The lowest BCUT2D eigenvalue weighted by Crippen LogP contribution is -2.31. The zero-order chi connectivity index (χ0) is 14.5. The fourth-order valence-electron chi connectivity index (χ4n) is 2.83. The molecule has 0 saturated heterocycles. The van der Waals surface area contributed by atoms with Crippen LogP contribution in [0.25, 0.3) is 0 Å². The SMILES string of the molecule is CC(C)CC(CCO)CNC(=O)C1CC1c1ccco1. The number of nitrogens with one attached hydrogen (secondary N) is 1. The van der Waals surface area contributed by atoms with Crippen molar-refractivity contribution < 1.29 is 14.3 Å². The summed E-state index contributed by atoms with van der Waals surface area (Å²) in [5.74, 6) is 2.31. The first kappa shape index (κ1) is 15.1.